The van der Waals surface area contributed by atoms with Gasteiger partial charge in [0, 0.05) is 5.54 Å². The van der Waals surface area contributed by atoms with Gasteiger partial charge in [-0.1, -0.05) is 0 Å². The summed E-state index contributed by atoms with van der Waals surface area (Å²) in [5, 5.41) is 7.37. The lowest BCUT2D eigenvalue weighted by atomic mass is 10.1. The largest absolute Gasteiger partial charge is 0.368 e. The molecule has 3 N–H and O–H groups in total. The van der Waals surface area contributed by atoms with Crippen molar-refractivity contribution in [3.05, 3.63) is 30.1 Å². The van der Waals surface area contributed by atoms with Crippen molar-refractivity contribution in [3.63, 3.8) is 0 Å². The molecule has 1 aromatic heterocycles. The molecular weight excluding hydrogens is 233 g/mol. The molecule has 0 bridgehead atoms. The molecule has 0 saturated carbocycles. The molecule has 1 aromatic carbocycles. The van der Waals surface area contributed by atoms with Crippen LogP contribution in [0.2, 0.25) is 0 Å². The number of nitrogen functional groups attached to an aromatic ring is 1. The van der Waals surface area contributed by atoms with Crippen LogP contribution in [0.5, 0.6) is 0 Å². The molecule has 0 aliphatic heterocycles. The Morgan fingerprint density at radius 1 is 1.22 bits per heavy atom. The van der Waals surface area contributed by atoms with E-state index < -0.39 is 0 Å². The summed E-state index contributed by atoms with van der Waals surface area (Å²) in [5.41, 5.74) is 6.30. The molecule has 0 spiro atoms. The molecule has 0 atom stereocenters. The fourth-order valence-corrected chi connectivity index (χ4v) is 1.48. The minimum absolute atomic E-state index is 0.151. The molecule has 1 heterocycles. The first kappa shape index (κ1) is 12.3. The van der Waals surface area contributed by atoms with Gasteiger partial charge in [-0.15, -0.1) is 5.10 Å². The number of rotatable bonds is 2. The van der Waals surface area contributed by atoms with E-state index in [1.807, 2.05) is 20.8 Å². The zero-order chi connectivity index (χ0) is 13.3. The van der Waals surface area contributed by atoms with Gasteiger partial charge in [-0.2, -0.15) is 9.67 Å². The highest BCUT2D eigenvalue weighted by Gasteiger charge is 2.15. The minimum Gasteiger partial charge on any atom is -0.368 e. The Kier molecular flexibility index (Phi) is 2.94. The molecule has 18 heavy (non-hydrogen) atoms. The van der Waals surface area contributed by atoms with E-state index in [0.717, 1.165) is 0 Å². The van der Waals surface area contributed by atoms with E-state index in [2.05, 4.69) is 15.4 Å². The van der Waals surface area contributed by atoms with Crippen molar-refractivity contribution in [1.82, 2.24) is 14.8 Å². The van der Waals surface area contributed by atoms with Gasteiger partial charge in [0.15, 0.2) is 0 Å². The molecule has 96 valence electrons. The van der Waals surface area contributed by atoms with Crippen LogP contribution in [-0.2, 0) is 0 Å². The Bertz CT molecular complexity index is 539. The standard InChI is InChI=1S/C12H16FN5/c1-12(2,3)16-11-15-10(14)18(17-11)9-6-4-8(13)5-7-9/h4-7H,1-3H3,(H3,14,15,16,17). The molecule has 0 aliphatic rings. The first-order valence-corrected chi connectivity index (χ1v) is 5.62. The maximum atomic E-state index is 12.8. The monoisotopic (exact) mass is 249 g/mol. The van der Waals surface area contributed by atoms with Gasteiger partial charge in [0.25, 0.3) is 0 Å². The summed E-state index contributed by atoms with van der Waals surface area (Å²) in [7, 11) is 0. The van der Waals surface area contributed by atoms with E-state index in [9.17, 15) is 4.39 Å². The third-order valence-corrected chi connectivity index (χ3v) is 2.19. The Labute approximate surface area is 105 Å². The van der Waals surface area contributed by atoms with Gasteiger partial charge in [0.05, 0.1) is 5.69 Å². The molecule has 0 unspecified atom stereocenters. The first-order valence-electron chi connectivity index (χ1n) is 5.62. The van der Waals surface area contributed by atoms with Crippen molar-refractivity contribution in [2.24, 2.45) is 0 Å². The Morgan fingerprint density at radius 2 is 1.83 bits per heavy atom. The van der Waals surface area contributed by atoms with Gasteiger partial charge in [-0.05, 0) is 45.0 Å². The Hall–Kier alpha value is -2.11. The van der Waals surface area contributed by atoms with Crippen LogP contribution in [0.25, 0.3) is 5.69 Å². The zero-order valence-electron chi connectivity index (χ0n) is 10.6. The van der Waals surface area contributed by atoms with Crippen LogP contribution in [0.4, 0.5) is 16.3 Å². The lowest BCUT2D eigenvalue weighted by Crippen LogP contribution is -2.26. The van der Waals surface area contributed by atoms with E-state index in [4.69, 9.17) is 5.73 Å². The van der Waals surface area contributed by atoms with Crippen LogP contribution >= 0.6 is 0 Å². The van der Waals surface area contributed by atoms with E-state index in [1.165, 1.54) is 16.8 Å². The second-order valence-electron chi connectivity index (χ2n) is 5.06. The molecule has 6 heteroatoms. The van der Waals surface area contributed by atoms with Crippen LogP contribution in [0, 0.1) is 5.82 Å². The fourth-order valence-electron chi connectivity index (χ4n) is 1.48. The van der Waals surface area contributed by atoms with E-state index in [1.54, 1.807) is 12.1 Å². The SMILES string of the molecule is CC(C)(C)Nc1nc(N)n(-c2ccc(F)cc2)n1. The lowest BCUT2D eigenvalue weighted by molar-refractivity contribution is 0.624. The predicted octanol–water partition coefficient (Wildman–Crippen LogP) is 2.20. The third-order valence-electron chi connectivity index (χ3n) is 2.19. The summed E-state index contributed by atoms with van der Waals surface area (Å²) in [6.45, 7) is 6.01. The van der Waals surface area contributed by atoms with E-state index in [-0.39, 0.29) is 17.3 Å². The molecule has 0 fully saturated rings. The zero-order valence-corrected chi connectivity index (χ0v) is 10.6. The van der Waals surface area contributed by atoms with Gasteiger partial charge in [-0.3, -0.25) is 0 Å². The van der Waals surface area contributed by atoms with Crippen molar-refractivity contribution in [2.45, 2.75) is 26.3 Å². The second-order valence-corrected chi connectivity index (χ2v) is 5.06. The summed E-state index contributed by atoms with van der Waals surface area (Å²) >= 11 is 0. The summed E-state index contributed by atoms with van der Waals surface area (Å²) in [4.78, 5) is 4.12. The van der Waals surface area contributed by atoms with E-state index >= 15 is 0 Å². The highest BCUT2D eigenvalue weighted by atomic mass is 19.1. The number of aromatic nitrogens is 3. The molecule has 5 nitrogen and oxygen atoms in total. The molecule has 2 rings (SSSR count). The number of halogens is 1. The smallest absolute Gasteiger partial charge is 0.244 e. The van der Waals surface area contributed by atoms with Crippen molar-refractivity contribution in [1.29, 1.82) is 0 Å². The highest BCUT2D eigenvalue weighted by Crippen LogP contribution is 2.16. The van der Waals surface area contributed by atoms with Crippen molar-refractivity contribution < 1.29 is 4.39 Å². The summed E-state index contributed by atoms with van der Waals surface area (Å²) in [5.74, 6) is 0.406. The number of hydrogen-bond donors (Lipinski definition) is 2. The van der Waals surface area contributed by atoms with Gasteiger partial charge in [0.1, 0.15) is 5.82 Å². The van der Waals surface area contributed by atoms with Crippen LogP contribution in [0.15, 0.2) is 24.3 Å². The normalized spacial score (nSPS) is 11.6. The van der Waals surface area contributed by atoms with Crippen LogP contribution < -0.4 is 11.1 Å². The molecule has 2 aromatic rings. The lowest BCUT2D eigenvalue weighted by Gasteiger charge is -2.18. The second kappa shape index (κ2) is 4.29. The number of nitrogens with one attached hydrogen (secondary N) is 1. The number of nitrogens with two attached hydrogens (primary N) is 1. The number of anilines is 2. The maximum absolute atomic E-state index is 12.8. The van der Waals surface area contributed by atoms with E-state index in [0.29, 0.717) is 11.6 Å². The fraction of sp³-hybridized carbons (Fsp3) is 0.333. The summed E-state index contributed by atoms with van der Waals surface area (Å²) in [6, 6.07) is 5.91. The van der Waals surface area contributed by atoms with Crippen molar-refractivity contribution >= 4 is 11.9 Å². The van der Waals surface area contributed by atoms with Gasteiger partial charge in [-0.25, -0.2) is 4.39 Å². The van der Waals surface area contributed by atoms with Crippen LogP contribution in [0.3, 0.4) is 0 Å². The van der Waals surface area contributed by atoms with Crippen LogP contribution in [-0.4, -0.2) is 20.3 Å². The average molecular weight is 249 g/mol. The van der Waals surface area contributed by atoms with Gasteiger partial charge >= 0.3 is 0 Å². The Balaban J connectivity index is 2.32. The molecule has 0 radical (unpaired) electrons. The predicted molar refractivity (Wildman–Crippen MR) is 69.1 cm³/mol. The topological polar surface area (TPSA) is 68.8 Å². The third kappa shape index (κ3) is 2.77. The van der Waals surface area contributed by atoms with Gasteiger partial charge < -0.3 is 11.1 Å². The average Bonchev–Trinajstić information content (AvgIpc) is 2.58. The first-order chi connectivity index (χ1) is 8.35. The Morgan fingerprint density at radius 3 is 2.39 bits per heavy atom. The summed E-state index contributed by atoms with van der Waals surface area (Å²) in [6.07, 6.45) is 0. The molecule has 0 aliphatic carbocycles. The minimum atomic E-state index is -0.300. The number of hydrogen-bond acceptors (Lipinski definition) is 4. The number of benzene rings is 1. The van der Waals surface area contributed by atoms with Crippen molar-refractivity contribution in [2.75, 3.05) is 11.1 Å². The molecular formula is C12H16FN5. The quantitative estimate of drug-likeness (QED) is 0.856. The maximum Gasteiger partial charge on any atom is 0.244 e. The van der Waals surface area contributed by atoms with Crippen molar-refractivity contribution in [3.8, 4) is 5.69 Å². The number of nitrogens with zero attached hydrogens (tertiary/aromatic N) is 3. The summed E-state index contributed by atoms with van der Waals surface area (Å²) < 4.78 is 14.3. The molecule has 0 amide bonds. The molecule has 0 saturated heterocycles. The highest BCUT2D eigenvalue weighted by molar-refractivity contribution is 5.42. The van der Waals surface area contributed by atoms with Crippen LogP contribution in [0.1, 0.15) is 20.8 Å². The van der Waals surface area contributed by atoms with Gasteiger partial charge in [0.2, 0.25) is 11.9 Å².